The molecule has 0 radical (unpaired) electrons. The molecule has 12 heteroatoms. The fourth-order valence-electron chi connectivity index (χ4n) is 5.10. The predicted molar refractivity (Wildman–Crippen MR) is 167 cm³/mol. The molecule has 0 saturated carbocycles. The van der Waals surface area contributed by atoms with E-state index in [2.05, 4.69) is 16.0 Å². The molecule has 234 valence electrons. The summed E-state index contributed by atoms with van der Waals surface area (Å²) in [6, 6.07) is 14.6. The minimum Gasteiger partial charge on any atom is -0.497 e. The Labute approximate surface area is 252 Å². The van der Waals surface area contributed by atoms with Gasteiger partial charge in [-0.2, -0.15) is 0 Å². The third-order valence-corrected chi connectivity index (χ3v) is 9.14. The normalized spacial score (nSPS) is 16.7. The third kappa shape index (κ3) is 9.04. The van der Waals surface area contributed by atoms with Gasteiger partial charge in [-0.05, 0) is 79.8 Å². The van der Waals surface area contributed by atoms with Crippen molar-refractivity contribution in [3.05, 3.63) is 89.0 Å². The van der Waals surface area contributed by atoms with Gasteiger partial charge >= 0.3 is 0 Å². The van der Waals surface area contributed by atoms with Crippen molar-refractivity contribution in [3.8, 4) is 5.75 Å². The summed E-state index contributed by atoms with van der Waals surface area (Å²) in [4.78, 5) is 13.6. The van der Waals surface area contributed by atoms with Gasteiger partial charge in [0.05, 0.1) is 30.7 Å². The highest BCUT2D eigenvalue weighted by molar-refractivity contribution is 8.25. The van der Waals surface area contributed by atoms with Gasteiger partial charge in [-0.25, -0.2) is 8.78 Å². The van der Waals surface area contributed by atoms with Crippen LogP contribution in [0, 0.1) is 11.6 Å². The molecular weight excluding hydrogens is 578 g/mol. The van der Waals surface area contributed by atoms with Crippen LogP contribution in [0.4, 0.5) is 20.2 Å². The fraction of sp³-hybridized carbons (Fsp3) is 0.387. The molecule has 1 aliphatic rings. The Morgan fingerprint density at radius 3 is 2.51 bits per heavy atom. The van der Waals surface area contributed by atoms with Gasteiger partial charge < -0.3 is 25.8 Å². The number of amides is 1. The van der Waals surface area contributed by atoms with Crippen LogP contribution in [-0.2, 0) is 13.0 Å². The van der Waals surface area contributed by atoms with E-state index in [0.717, 1.165) is 18.1 Å². The number of hydrogen-bond acceptors (Lipinski definition) is 8. The first-order valence-electron chi connectivity index (χ1n) is 14.3. The van der Waals surface area contributed by atoms with Crippen molar-refractivity contribution in [2.45, 2.75) is 44.9 Å². The van der Waals surface area contributed by atoms with Gasteiger partial charge in [0.2, 0.25) is 0 Å². The Morgan fingerprint density at radius 1 is 1.05 bits per heavy atom. The topological polar surface area (TPSA) is 126 Å². The van der Waals surface area contributed by atoms with Crippen molar-refractivity contribution >= 4 is 28.1 Å². The molecule has 2 atom stereocenters. The molecule has 9 nitrogen and oxygen atoms in total. The van der Waals surface area contributed by atoms with Crippen LogP contribution in [0.3, 0.4) is 0 Å². The lowest BCUT2D eigenvalue weighted by Crippen LogP contribution is -2.48. The van der Waals surface area contributed by atoms with Crippen molar-refractivity contribution in [1.82, 2.24) is 10.6 Å². The maximum Gasteiger partial charge on any atom is 0.251 e. The number of carbonyl (C=O) groups is 1. The first kappa shape index (κ1) is 32.5. The lowest BCUT2D eigenvalue weighted by molar-refractivity contribution is 0.0830. The molecule has 0 aliphatic carbocycles. The molecule has 1 aliphatic heterocycles. The van der Waals surface area contributed by atoms with Gasteiger partial charge in [0.15, 0.2) is 0 Å². The number of rotatable bonds is 13. The van der Waals surface area contributed by atoms with Crippen LogP contribution in [0.5, 0.6) is 5.75 Å². The van der Waals surface area contributed by atoms with Gasteiger partial charge in [-0.15, -0.1) is 10.8 Å². The van der Waals surface area contributed by atoms with E-state index >= 15 is 0 Å². The third-order valence-electron chi connectivity index (χ3n) is 7.21. The highest BCUT2D eigenvalue weighted by Crippen LogP contribution is 2.50. The SMILES string of the molecule is CCNc1cc(C(=O)NC(Cc2cc(F)cc(F)c2)C(O)CNCc2cccc(OC)c2)cc(N2CCCCS2(O)O)c1. The summed E-state index contributed by atoms with van der Waals surface area (Å²) in [5.41, 5.74) is 2.55. The molecule has 1 fully saturated rings. The highest BCUT2D eigenvalue weighted by atomic mass is 32.3. The van der Waals surface area contributed by atoms with E-state index in [4.69, 9.17) is 4.74 Å². The Kier molecular flexibility index (Phi) is 11.2. The van der Waals surface area contributed by atoms with E-state index in [-0.39, 0.29) is 29.8 Å². The van der Waals surface area contributed by atoms with Gasteiger partial charge in [-0.1, -0.05) is 12.1 Å². The maximum absolute atomic E-state index is 14.0. The molecule has 1 amide bonds. The predicted octanol–water partition coefficient (Wildman–Crippen LogP) is 5.16. The number of nitrogens with zero attached hydrogens (tertiary/aromatic N) is 1. The molecule has 4 rings (SSSR count). The summed E-state index contributed by atoms with van der Waals surface area (Å²) in [5.74, 6) is -1.09. The van der Waals surface area contributed by atoms with Crippen molar-refractivity contribution < 1.29 is 32.5 Å². The minimum atomic E-state index is -3.03. The van der Waals surface area contributed by atoms with Crippen LogP contribution in [-0.4, -0.2) is 64.8 Å². The zero-order valence-electron chi connectivity index (χ0n) is 24.4. The Hall–Kier alpha value is -3.42. The van der Waals surface area contributed by atoms with Crippen LogP contribution in [0.1, 0.15) is 41.3 Å². The average Bonchev–Trinajstić information content (AvgIpc) is 2.96. The molecule has 6 N–H and O–H groups in total. The molecule has 1 saturated heterocycles. The molecule has 43 heavy (non-hydrogen) atoms. The smallest absolute Gasteiger partial charge is 0.251 e. The van der Waals surface area contributed by atoms with E-state index in [0.29, 0.717) is 43.2 Å². The molecule has 1 heterocycles. The first-order valence-corrected chi connectivity index (χ1v) is 16.0. The van der Waals surface area contributed by atoms with Gasteiger partial charge in [0.25, 0.3) is 5.91 Å². The van der Waals surface area contributed by atoms with Crippen molar-refractivity contribution in [2.24, 2.45) is 0 Å². The summed E-state index contributed by atoms with van der Waals surface area (Å²) in [6.45, 7) is 3.41. The molecule has 3 aromatic carbocycles. The number of aliphatic hydroxyl groups excluding tert-OH is 1. The van der Waals surface area contributed by atoms with Crippen LogP contribution in [0.15, 0.2) is 60.7 Å². The summed E-state index contributed by atoms with van der Waals surface area (Å²) >= 11 is 0. The lowest BCUT2D eigenvalue weighted by atomic mass is 9.99. The number of anilines is 2. The summed E-state index contributed by atoms with van der Waals surface area (Å²) in [7, 11) is -1.45. The molecule has 0 spiro atoms. The molecular formula is C31H40F2N4O5S. The number of methoxy groups -OCH3 is 1. The van der Waals surface area contributed by atoms with E-state index < -0.39 is 40.5 Å². The van der Waals surface area contributed by atoms with Crippen molar-refractivity contribution in [1.29, 1.82) is 0 Å². The number of hydrogen-bond donors (Lipinski definition) is 6. The fourth-order valence-corrected chi connectivity index (χ4v) is 6.78. The number of ether oxygens (including phenoxy) is 1. The van der Waals surface area contributed by atoms with Gasteiger partial charge in [0, 0.05) is 43.5 Å². The standard InChI is InChI=1S/C31H40F2N4O5S/c1-3-35-26-15-23(16-27(18-26)37-9-4-5-10-43(37,40)41)31(39)36-29(14-22-11-24(32)17-25(33)12-22)30(38)20-34-19-21-7-6-8-28(13-21)42-2/h6-8,11-13,15-18,29-30,34-35,38,40-41H,3-5,9-10,14,19-20H2,1-2H3,(H,36,39). The molecule has 3 aromatic rings. The van der Waals surface area contributed by atoms with E-state index in [1.807, 2.05) is 31.2 Å². The number of carbonyl (C=O) groups excluding carboxylic acids is 1. The van der Waals surface area contributed by atoms with E-state index in [1.165, 1.54) is 12.1 Å². The Balaban J connectivity index is 1.56. The second kappa shape index (κ2) is 14.8. The van der Waals surface area contributed by atoms with Crippen molar-refractivity contribution in [2.75, 3.05) is 42.1 Å². The monoisotopic (exact) mass is 618 g/mol. The van der Waals surface area contributed by atoms with Gasteiger partial charge in [0.1, 0.15) is 17.4 Å². The average molecular weight is 619 g/mol. The summed E-state index contributed by atoms with van der Waals surface area (Å²) in [6.07, 6.45) is 0.329. The molecule has 0 bridgehead atoms. The lowest BCUT2D eigenvalue weighted by Gasteiger charge is -2.47. The molecule has 0 aromatic heterocycles. The highest BCUT2D eigenvalue weighted by Gasteiger charge is 2.29. The quantitative estimate of drug-likeness (QED) is 0.155. The zero-order valence-corrected chi connectivity index (χ0v) is 25.2. The van der Waals surface area contributed by atoms with Crippen LogP contribution >= 0.6 is 10.8 Å². The van der Waals surface area contributed by atoms with Gasteiger partial charge in [-0.3, -0.25) is 18.2 Å². The summed E-state index contributed by atoms with van der Waals surface area (Å²) < 4.78 is 56.2. The number of halogens is 2. The maximum atomic E-state index is 14.0. The number of aliphatic hydroxyl groups is 1. The summed E-state index contributed by atoms with van der Waals surface area (Å²) in [5, 5.41) is 20.4. The second-order valence-corrected chi connectivity index (χ2v) is 12.7. The van der Waals surface area contributed by atoms with E-state index in [9.17, 15) is 27.8 Å². The largest absolute Gasteiger partial charge is 0.497 e. The zero-order chi connectivity index (χ0) is 31.0. The van der Waals surface area contributed by atoms with Crippen molar-refractivity contribution in [3.63, 3.8) is 0 Å². The van der Waals surface area contributed by atoms with Crippen LogP contribution < -0.4 is 25.0 Å². The van der Waals surface area contributed by atoms with Crippen LogP contribution in [0.25, 0.3) is 0 Å². The number of nitrogens with one attached hydrogen (secondary N) is 3. The Morgan fingerprint density at radius 2 is 1.81 bits per heavy atom. The van der Waals surface area contributed by atoms with E-state index in [1.54, 1.807) is 29.6 Å². The second-order valence-electron chi connectivity index (χ2n) is 10.6. The minimum absolute atomic E-state index is 0.0329. The van der Waals surface area contributed by atoms with Crippen LogP contribution in [0.2, 0.25) is 0 Å². The molecule has 2 unspecified atom stereocenters. The first-order chi connectivity index (χ1) is 20.6. The Bertz CT molecular complexity index is 1380. The number of benzene rings is 3.